The minimum atomic E-state index is -2.40. The van der Waals surface area contributed by atoms with Crippen molar-refractivity contribution in [1.29, 1.82) is 0 Å². The van der Waals surface area contributed by atoms with E-state index in [1.54, 1.807) is 24.3 Å². The van der Waals surface area contributed by atoms with Gasteiger partial charge in [-0.2, -0.15) is 0 Å². The second kappa shape index (κ2) is 6.56. The topological polar surface area (TPSA) is 63.3 Å². The molecule has 0 heterocycles. The molecule has 0 saturated carbocycles. The summed E-state index contributed by atoms with van der Waals surface area (Å²) < 4.78 is 24.2. The maximum atomic E-state index is 12.1. The molecule has 1 rings (SSSR count). The van der Waals surface area contributed by atoms with Crippen LogP contribution in [0.5, 0.6) is 0 Å². The highest BCUT2D eigenvalue weighted by Gasteiger charge is 2.15. The van der Waals surface area contributed by atoms with Gasteiger partial charge in [-0.05, 0) is 11.6 Å². The normalized spacial score (nSPS) is 12.7. The highest BCUT2D eigenvalue weighted by atomic mass is 32.2. The number of thioether (sulfide) groups is 1. The van der Waals surface area contributed by atoms with Crippen LogP contribution in [-0.2, 0) is 4.79 Å². The molecule has 94 valence electrons. The van der Waals surface area contributed by atoms with E-state index in [-0.39, 0.29) is 12.2 Å². The zero-order valence-corrected chi connectivity index (χ0v) is 9.79. The summed E-state index contributed by atoms with van der Waals surface area (Å²) in [6.07, 6.45) is -2.62. The molecule has 1 unspecified atom stereocenters. The standard InChI is InChI=1S/C11H13F2NO2S/c12-10(13)6-17-9-4-2-1-3-7(9)8(14)5-11(15)16/h1-4,8,10H,5-6,14H2,(H,15,16). The van der Waals surface area contributed by atoms with Crippen molar-refractivity contribution in [3.05, 3.63) is 29.8 Å². The average Bonchev–Trinajstić information content (AvgIpc) is 2.25. The van der Waals surface area contributed by atoms with Crippen molar-refractivity contribution in [2.24, 2.45) is 5.73 Å². The lowest BCUT2D eigenvalue weighted by Gasteiger charge is -2.14. The molecular weight excluding hydrogens is 248 g/mol. The molecule has 6 heteroatoms. The Hall–Kier alpha value is -1.14. The first-order valence-electron chi connectivity index (χ1n) is 4.98. The first kappa shape index (κ1) is 13.9. The molecule has 0 amide bonds. The fourth-order valence-corrected chi connectivity index (χ4v) is 2.24. The zero-order chi connectivity index (χ0) is 12.8. The van der Waals surface area contributed by atoms with Crippen LogP contribution in [-0.4, -0.2) is 23.3 Å². The number of alkyl halides is 2. The number of rotatable bonds is 6. The third-order valence-electron chi connectivity index (χ3n) is 2.08. The Labute approximate surface area is 102 Å². The van der Waals surface area contributed by atoms with Gasteiger partial charge in [0.05, 0.1) is 12.2 Å². The fourth-order valence-electron chi connectivity index (χ4n) is 1.37. The predicted molar refractivity (Wildman–Crippen MR) is 62.4 cm³/mol. The molecule has 1 aromatic carbocycles. The molecule has 0 aliphatic heterocycles. The highest BCUT2D eigenvalue weighted by Crippen LogP contribution is 2.28. The molecule has 0 aliphatic rings. The Balaban J connectivity index is 2.79. The van der Waals surface area contributed by atoms with Gasteiger partial charge in [-0.1, -0.05) is 18.2 Å². The molecule has 0 radical (unpaired) electrons. The number of carboxylic acid groups (broad SMARTS) is 1. The summed E-state index contributed by atoms with van der Waals surface area (Å²) >= 11 is 0.988. The molecule has 0 aliphatic carbocycles. The van der Waals surface area contributed by atoms with Gasteiger partial charge in [-0.25, -0.2) is 8.78 Å². The Bertz CT molecular complexity index is 387. The molecule has 3 N–H and O–H groups in total. The van der Waals surface area contributed by atoms with Crippen LogP contribution in [0.2, 0.25) is 0 Å². The van der Waals surface area contributed by atoms with Crippen LogP contribution in [0.15, 0.2) is 29.2 Å². The van der Waals surface area contributed by atoms with Crippen molar-refractivity contribution in [2.75, 3.05) is 5.75 Å². The summed E-state index contributed by atoms with van der Waals surface area (Å²) in [6, 6.07) is 6.09. The molecular formula is C11H13F2NO2S. The quantitative estimate of drug-likeness (QED) is 0.772. The third kappa shape index (κ3) is 4.70. The number of hydrogen-bond acceptors (Lipinski definition) is 3. The predicted octanol–water partition coefficient (Wildman–Crippen LogP) is 2.52. The third-order valence-corrected chi connectivity index (χ3v) is 3.18. The lowest BCUT2D eigenvalue weighted by Crippen LogP contribution is -2.15. The summed E-state index contributed by atoms with van der Waals surface area (Å²) in [4.78, 5) is 11.2. The van der Waals surface area contributed by atoms with Crippen LogP contribution >= 0.6 is 11.8 Å². The Kier molecular flexibility index (Phi) is 5.37. The highest BCUT2D eigenvalue weighted by molar-refractivity contribution is 7.99. The lowest BCUT2D eigenvalue weighted by molar-refractivity contribution is -0.137. The fraction of sp³-hybridized carbons (Fsp3) is 0.364. The number of carbonyl (C=O) groups is 1. The maximum absolute atomic E-state index is 12.1. The maximum Gasteiger partial charge on any atom is 0.305 e. The van der Waals surface area contributed by atoms with E-state index in [0.29, 0.717) is 10.5 Å². The van der Waals surface area contributed by atoms with E-state index >= 15 is 0 Å². The van der Waals surface area contributed by atoms with Gasteiger partial charge in [0, 0.05) is 10.9 Å². The molecule has 17 heavy (non-hydrogen) atoms. The summed E-state index contributed by atoms with van der Waals surface area (Å²) in [5.41, 5.74) is 6.32. The van der Waals surface area contributed by atoms with Gasteiger partial charge in [-0.15, -0.1) is 11.8 Å². The zero-order valence-electron chi connectivity index (χ0n) is 8.98. The van der Waals surface area contributed by atoms with Crippen LogP contribution < -0.4 is 5.73 Å². The van der Waals surface area contributed by atoms with Gasteiger partial charge in [0.1, 0.15) is 0 Å². The number of aliphatic carboxylic acids is 1. The van der Waals surface area contributed by atoms with E-state index in [2.05, 4.69) is 0 Å². The second-order valence-corrected chi connectivity index (χ2v) is 4.51. The minimum Gasteiger partial charge on any atom is -0.481 e. The van der Waals surface area contributed by atoms with Crippen molar-refractivity contribution in [1.82, 2.24) is 0 Å². The Morgan fingerprint density at radius 1 is 1.41 bits per heavy atom. The first-order valence-corrected chi connectivity index (χ1v) is 5.96. The van der Waals surface area contributed by atoms with E-state index in [1.165, 1.54) is 0 Å². The van der Waals surface area contributed by atoms with Crippen LogP contribution in [0.3, 0.4) is 0 Å². The van der Waals surface area contributed by atoms with Gasteiger partial charge >= 0.3 is 5.97 Å². The number of carboxylic acids is 1. The smallest absolute Gasteiger partial charge is 0.305 e. The van der Waals surface area contributed by atoms with Crippen molar-refractivity contribution < 1.29 is 18.7 Å². The van der Waals surface area contributed by atoms with E-state index in [4.69, 9.17) is 10.8 Å². The van der Waals surface area contributed by atoms with Gasteiger partial charge in [0.25, 0.3) is 0 Å². The Morgan fingerprint density at radius 2 is 2.06 bits per heavy atom. The summed E-state index contributed by atoms with van der Waals surface area (Å²) in [6.45, 7) is 0. The average molecular weight is 261 g/mol. The van der Waals surface area contributed by atoms with Gasteiger partial charge in [0.15, 0.2) is 0 Å². The molecule has 0 fully saturated rings. The summed E-state index contributed by atoms with van der Waals surface area (Å²) in [5.74, 6) is -1.33. The monoisotopic (exact) mass is 261 g/mol. The molecule has 1 atom stereocenters. The number of halogens is 2. The molecule has 0 saturated heterocycles. The van der Waals surface area contributed by atoms with E-state index in [1.807, 2.05) is 0 Å². The molecule has 0 bridgehead atoms. The number of hydrogen-bond donors (Lipinski definition) is 2. The van der Waals surface area contributed by atoms with E-state index in [0.717, 1.165) is 11.8 Å². The van der Waals surface area contributed by atoms with E-state index < -0.39 is 18.4 Å². The van der Waals surface area contributed by atoms with Crippen LogP contribution in [0.4, 0.5) is 8.78 Å². The van der Waals surface area contributed by atoms with Gasteiger partial charge < -0.3 is 10.8 Å². The van der Waals surface area contributed by atoms with Gasteiger partial charge in [0.2, 0.25) is 6.43 Å². The second-order valence-electron chi connectivity index (χ2n) is 3.44. The summed E-state index contributed by atoms with van der Waals surface area (Å²) in [7, 11) is 0. The van der Waals surface area contributed by atoms with Crippen LogP contribution in [0.25, 0.3) is 0 Å². The number of nitrogens with two attached hydrogens (primary N) is 1. The van der Waals surface area contributed by atoms with Crippen LogP contribution in [0, 0.1) is 0 Å². The van der Waals surface area contributed by atoms with Gasteiger partial charge in [-0.3, -0.25) is 4.79 Å². The minimum absolute atomic E-state index is 0.216. The largest absolute Gasteiger partial charge is 0.481 e. The first-order chi connectivity index (χ1) is 8.00. The van der Waals surface area contributed by atoms with Crippen molar-refractivity contribution in [2.45, 2.75) is 23.8 Å². The SMILES string of the molecule is NC(CC(=O)O)c1ccccc1SCC(F)F. The molecule has 3 nitrogen and oxygen atoms in total. The van der Waals surface area contributed by atoms with E-state index in [9.17, 15) is 13.6 Å². The summed E-state index contributed by atoms with van der Waals surface area (Å²) in [5, 5.41) is 8.65. The molecule has 0 spiro atoms. The number of benzene rings is 1. The van der Waals surface area contributed by atoms with Crippen molar-refractivity contribution >= 4 is 17.7 Å². The Morgan fingerprint density at radius 3 is 2.65 bits per heavy atom. The molecule has 0 aromatic heterocycles. The van der Waals surface area contributed by atoms with Crippen molar-refractivity contribution in [3.8, 4) is 0 Å². The van der Waals surface area contributed by atoms with Crippen molar-refractivity contribution in [3.63, 3.8) is 0 Å². The lowest BCUT2D eigenvalue weighted by atomic mass is 10.1. The molecule has 1 aromatic rings. The van der Waals surface area contributed by atoms with Crippen LogP contribution in [0.1, 0.15) is 18.0 Å².